The molecule has 0 atom stereocenters. The molecule has 0 radical (unpaired) electrons. The van der Waals surface area contributed by atoms with Crippen molar-refractivity contribution < 1.29 is 4.39 Å². The minimum absolute atomic E-state index is 0. The van der Waals surface area contributed by atoms with Crippen LogP contribution in [0.2, 0.25) is 0 Å². The van der Waals surface area contributed by atoms with E-state index in [2.05, 4.69) is 0 Å². The van der Waals surface area contributed by atoms with Gasteiger partial charge in [0, 0.05) is 12.1 Å². The van der Waals surface area contributed by atoms with Gasteiger partial charge in [0.2, 0.25) is 0 Å². The highest BCUT2D eigenvalue weighted by atomic mass is 35.5. The summed E-state index contributed by atoms with van der Waals surface area (Å²) in [5.74, 6) is -0.206. The molecular weight excluding hydrogens is 165 g/mol. The maximum atomic E-state index is 12.8. The first-order valence-corrected chi connectivity index (χ1v) is 3.19. The fourth-order valence-corrected chi connectivity index (χ4v) is 0.818. The number of halogens is 2. The van der Waals surface area contributed by atoms with Gasteiger partial charge < -0.3 is 5.73 Å². The highest BCUT2D eigenvalue weighted by molar-refractivity contribution is 5.85. The summed E-state index contributed by atoms with van der Waals surface area (Å²) in [5.41, 5.74) is 6.76. The minimum atomic E-state index is -0.206. The predicted octanol–water partition coefficient (Wildman–Crippen LogP) is 2.01. The van der Waals surface area contributed by atoms with Gasteiger partial charge in [0.15, 0.2) is 0 Å². The van der Waals surface area contributed by atoms with Crippen LogP contribution in [-0.2, 0) is 6.54 Å². The first-order valence-electron chi connectivity index (χ1n) is 3.19. The third kappa shape index (κ3) is 2.48. The van der Waals surface area contributed by atoms with Gasteiger partial charge in [-0.05, 0) is 18.6 Å². The number of nitrogens with two attached hydrogens (primary N) is 1. The van der Waals surface area contributed by atoms with Crippen molar-refractivity contribution in [3.63, 3.8) is 0 Å². The molecule has 0 fully saturated rings. The maximum absolute atomic E-state index is 12.8. The molecule has 0 aliphatic carbocycles. The molecule has 0 amide bonds. The average Bonchev–Trinajstić information content (AvgIpc) is 1.88. The number of benzene rings is 1. The summed E-state index contributed by atoms with van der Waals surface area (Å²) < 4.78 is 12.8. The van der Waals surface area contributed by atoms with Gasteiger partial charge in [-0.2, -0.15) is 0 Å². The molecule has 0 unspecified atom stereocenters. The second kappa shape index (κ2) is 4.31. The summed E-state index contributed by atoms with van der Waals surface area (Å²) in [5, 5.41) is 0. The quantitative estimate of drug-likeness (QED) is 0.695. The van der Waals surface area contributed by atoms with Gasteiger partial charge >= 0.3 is 0 Å². The number of hydrogen-bond donors (Lipinski definition) is 1. The third-order valence-corrected chi connectivity index (χ3v) is 1.43. The van der Waals surface area contributed by atoms with Crippen molar-refractivity contribution in [2.24, 2.45) is 5.73 Å². The van der Waals surface area contributed by atoms with E-state index in [0.29, 0.717) is 5.56 Å². The first-order chi connectivity index (χ1) is 4.74. The van der Waals surface area contributed by atoms with E-state index in [1.54, 1.807) is 6.07 Å². The maximum Gasteiger partial charge on any atom is 0.127 e. The molecule has 1 aromatic carbocycles. The predicted molar refractivity (Wildman–Crippen MR) is 46.3 cm³/mol. The van der Waals surface area contributed by atoms with E-state index in [0.717, 1.165) is 5.56 Å². The summed E-state index contributed by atoms with van der Waals surface area (Å²) in [6.07, 6.45) is 0. The lowest BCUT2D eigenvalue weighted by Gasteiger charge is -1.98. The van der Waals surface area contributed by atoms with Gasteiger partial charge in [-0.15, -0.1) is 12.4 Å². The van der Waals surface area contributed by atoms with Crippen LogP contribution in [0.4, 0.5) is 4.39 Å². The zero-order chi connectivity index (χ0) is 7.56. The molecule has 1 rings (SSSR count). The van der Waals surface area contributed by atoms with E-state index >= 15 is 0 Å². The van der Waals surface area contributed by atoms with Gasteiger partial charge in [-0.1, -0.05) is 12.1 Å². The topological polar surface area (TPSA) is 26.0 Å². The van der Waals surface area contributed by atoms with Crippen LogP contribution in [0.15, 0.2) is 18.2 Å². The van der Waals surface area contributed by atoms with Crippen molar-refractivity contribution in [3.05, 3.63) is 35.1 Å². The Hall–Kier alpha value is -0.600. The monoisotopic (exact) mass is 175 g/mol. The molecule has 0 bridgehead atoms. The minimum Gasteiger partial charge on any atom is -0.326 e. The van der Waals surface area contributed by atoms with Gasteiger partial charge in [-0.25, -0.2) is 4.39 Å². The SMILES string of the molecule is Cc1ccc(CN)c(F)c1.Cl. The summed E-state index contributed by atoms with van der Waals surface area (Å²) in [7, 11) is 0. The lowest BCUT2D eigenvalue weighted by molar-refractivity contribution is 0.609. The molecule has 2 N–H and O–H groups in total. The van der Waals surface area contributed by atoms with E-state index in [1.807, 2.05) is 13.0 Å². The normalized spacial score (nSPS) is 9.00. The Kier molecular flexibility index (Phi) is 4.08. The number of hydrogen-bond acceptors (Lipinski definition) is 1. The van der Waals surface area contributed by atoms with Gasteiger partial charge in [0.05, 0.1) is 0 Å². The Labute approximate surface area is 71.8 Å². The van der Waals surface area contributed by atoms with E-state index in [-0.39, 0.29) is 24.8 Å². The van der Waals surface area contributed by atoms with E-state index in [1.165, 1.54) is 6.07 Å². The highest BCUT2D eigenvalue weighted by Crippen LogP contribution is 2.07. The standard InChI is InChI=1S/C8H10FN.ClH/c1-6-2-3-7(5-10)8(9)4-6;/h2-4H,5,10H2,1H3;1H. The lowest BCUT2D eigenvalue weighted by atomic mass is 10.1. The summed E-state index contributed by atoms with van der Waals surface area (Å²) in [4.78, 5) is 0. The molecule has 3 heteroatoms. The van der Waals surface area contributed by atoms with Crippen LogP contribution in [0.3, 0.4) is 0 Å². The van der Waals surface area contributed by atoms with E-state index in [9.17, 15) is 4.39 Å². The molecule has 1 nitrogen and oxygen atoms in total. The Morgan fingerprint density at radius 1 is 1.45 bits per heavy atom. The van der Waals surface area contributed by atoms with Crippen LogP contribution in [-0.4, -0.2) is 0 Å². The van der Waals surface area contributed by atoms with Crippen molar-refractivity contribution in [2.45, 2.75) is 13.5 Å². The van der Waals surface area contributed by atoms with Crippen molar-refractivity contribution in [3.8, 4) is 0 Å². The molecule has 0 aliphatic rings. The summed E-state index contributed by atoms with van der Waals surface area (Å²) in [6, 6.07) is 5.05. The zero-order valence-electron chi connectivity index (χ0n) is 6.30. The molecule has 0 saturated carbocycles. The van der Waals surface area contributed by atoms with Crippen LogP contribution in [0.1, 0.15) is 11.1 Å². The molecule has 0 aliphatic heterocycles. The third-order valence-electron chi connectivity index (χ3n) is 1.43. The molecule has 0 spiro atoms. The van der Waals surface area contributed by atoms with Crippen LogP contribution in [0.5, 0.6) is 0 Å². The Bertz CT molecular complexity index is 238. The second-order valence-corrected chi connectivity index (χ2v) is 2.30. The summed E-state index contributed by atoms with van der Waals surface area (Å²) in [6.45, 7) is 2.12. The molecular formula is C8H11ClFN. The Morgan fingerprint density at radius 3 is 2.55 bits per heavy atom. The number of rotatable bonds is 1. The van der Waals surface area contributed by atoms with Crippen molar-refractivity contribution in [1.82, 2.24) is 0 Å². The van der Waals surface area contributed by atoms with Crippen molar-refractivity contribution in [1.29, 1.82) is 0 Å². The van der Waals surface area contributed by atoms with Crippen LogP contribution < -0.4 is 5.73 Å². The largest absolute Gasteiger partial charge is 0.326 e. The van der Waals surface area contributed by atoms with Crippen LogP contribution >= 0.6 is 12.4 Å². The molecule has 0 aromatic heterocycles. The fraction of sp³-hybridized carbons (Fsp3) is 0.250. The Morgan fingerprint density at radius 2 is 2.09 bits per heavy atom. The molecule has 0 heterocycles. The second-order valence-electron chi connectivity index (χ2n) is 2.30. The molecule has 11 heavy (non-hydrogen) atoms. The van der Waals surface area contributed by atoms with E-state index in [4.69, 9.17) is 5.73 Å². The fourth-order valence-electron chi connectivity index (χ4n) is 0.818. The van der Waals surface area contributed by atoms with Crippen molar-refractivity contribution in [2.75, 3.05) is 0 Å². The van der Waals surface area contributed by atoms with Gasteiger partial charge in [0.25, 0.3) is 0 Å². The van der Waals surface area contributed by atoms with Crippen LogP contribution in [0.25, 0.3) is 0 Å². The molecule has 1 aromatic rings. The van der Waals surface area contributed by atoms with Crippen molar-refractivity contribution >= 4 is 12.4 Å². The van der Waals surface area contributed by atoms with Gasteiger partial charge in [-0.3, -0.25) is 0 Å². The average molecular weight is 176 g/mol. The molecule has 62 valence electrons. The van der Waals surface area contributed by atoms with Crippen LogP contribution in [0, 0.1) is 12.7 Å². The lowest BCUT2D eigenvalue weighted by Crippen LogP contribution is -1.99. The van der Waals surface area contributed by atoms with E-state index < -0.39 is 0 Å². The number of aryl methyl sites for hydroxylation is 1. The highest BCUT2D eigenvalue weighted by Gasteiger charge is 1.97. The summed E-state index contributed by atoms with van der Waals surface area (Å²) >= 11 is 0. The molecule has 0 saturated heterocycles. The Balaban J connectivity index is 0.000001000. The zero-order valence-corrected chi connectivity index (χ0v) is 7.12. The smallest absolute Gasteiger partial charge is 0.127 e. The van der Waals surface area contributed by atoms with Gasteiger partial charge in [0.1, 0.15) is 5.82 Å². The first kappa shape index (κ1) is 10.4.